The van der Waals surface area contributed by atoms with E-state index < -0.39 is 20.0 Å². The van der Waals surface area contributed by atoms with E-state index in [1.807, 2.05) is 27.2 Å². The van der Waals surface area contributed by atoms with Gasteiger partial charge in [-0.15, -0.1) is 0 Å². The van der Waals surface area contributed by atoms with Crippen LogP contribution in [0.15, 0.2) is 24.3 Å². The van der Waals surface area contributed by atoms with Gasteiger partial charge in [0.1, 0.15) is 13.2 Å². The van der Waals surface area contributed by atoms with Gasteiger partial charge in [0.15, 0.2) is 0 Å². The second-order valence-corrected chi connectivity index (χ2v) is 28.8. The van der Waals surface area contributed by atoms with Gasteiger partial charge in [-0.3, -0.25) is 9.36 Å². The standard InChI is InChI=1S/C75H149N2O6P/c1-6-8-10-12-14-16-18-20-22-24-26-28-30-31-32-33-34-35-36-37-38-39-40-41-42-43-44-45-47-49-51-53-55-57-59-61-63-65-67-69-75(79)76-73(72-83-84(80,81)82-71-70-77(3,4)5)74(78)68-66-64-62-60-58-56-54-52-50-48-46-29-27-25-23-21-19-17-15-13-11-9-7-2/h37-38,66,68,73-74,78H,6-36,39-65,67,69-72H2,1-5H3,(H-,76,79,80,81)/b38-37-,68-66+. The summed E-state index contributed by atoms with van der Waals surface area (Å²) in [4.78, 5) is 25.6. The number of hydrogen-bond acceptors (Lipinski definition) is 6. The van der Waals surface area contributed by atoms with Crippen LogP contribution in [-0.4, -0.2) is 68.5 Å². The van der Waals surface area contributed by atoms with Crippen molar-refractivity contribution in [2.24, 2.45) is 0 Å². The number of phosphoric ester groups is 1. The SMILES string of the molecule is CCCCCCCCCCCCCCCCCCCC/C=C\CCCCCCCCCCCCCCCCCCCC(=O)NC(COP(=O)([O-])OCC[N+](C)(C)C)C(O)/C=C/CCCCCCCCCCCCCCCCCCCCCCC. The van der Waals surface area contributed by atoms with Crippen LogP contribution in [0.2, 0.25) is 0 Å². The van der Waals surface area contributed by atoms with Crippen molar-refractivity contribution in [1.82, 2.24) is 5.32 Å². The fraction of sp³-hybridized carbons (Fsp3) is 0.933. The number of carbonyl (C=O) groups is 1. The zero-order chi connectivity index (χ0) is 61.2. The lowest BCUT2D eigenvalue weighted by molar-refractivity contribution is -0.870. The topological polar surface area (TPSA) is 108 Å². The fourth-order valence-corrected chi connectivity index (χ4v) is 12.5. The number of nitrogens with one attached hydrogen (secondary N) is 1. The molecule has 0 saturated carbocycles. The van der Waals surface area contributed by atoms with Crippen LogP contribution in [0.1, 0.15) is 399 Å². The summed E-state index contributed by atoms with van der Waals surface area (Å²) in [5.41, 5.74) is 0. The molecule has 0 spiro atoms. The number of rotatable bonds is 71. The number of amides is 1. The van der Waals surface area contributed by atoms with E-state index in [9.17, 15) is 19.4 Å². The van der Waals surface area contributed by atoms with Crippen molar-refractivity contribution in [3.8, 4) is 0 Å². The van der Waals surface area contributed by atoms with Crippen molar-refractivity contribution in [2.75, 3.05) is 40.9 Å². The van der Waals surface area contributed by atoms with Crippen molar-refractivity contribution < 1.29 is 32.9 Å². The fourth-order valence-electron chi connectivity index (χ4n) is 11.8. The van der Waals surface area contributed by atoms with Gasteiger partial charge in [-0.05, 0) is 44.9 Å². The van der Waals surface area contributed by atoms with Crippen LogP contribution in [0.5, 0.6) is 0 Å². The van der Waals surface area contributed by atoms with Gasteiger partial charge in [0.25, 0.3) is 7.82 Å². The van der Waals surface area contributed by atoms with Gasteiger partial charge in [0.2, 0.25) is 5.91 Å². The molecule has 0 bridgehead atoms. The van der Waals surface area contributed by atoms with E-state index in [0.717, 1.165) is 38.5 Å². The first-order chi connectivity index (χ1) is 41.0. The molecule has 84 heavy (non-hydrogen) atoms. The number of phosphoric acid groups is 1. The number of likely N-dealkylation sites (N-methyl/N-ethyl adjacent to an activating group) is 1. The molecule has 9 heteroatoms. The molecule has 2 N–H and O–H groups in total. The van der Waals surface area contributed by atoms with E-state index in [-0.39, 0.29) is 19.1 Å². The Hall–Kier alpha value is -1.02. The number of aliphatic hydroxyl groups excluding tert-OH is 1. The second kappa shape index (κ2) is 66.4. The number of hydrogen-bond donors (Lipinski definition) is 2. The third-order valence-electron chi connectivity index (χ3n) is 17.7. The zero-order valence-corrected chi connectivity index (χ0v) is 58.3. The Morgan fingerprint density at radius 2 is 0.655 bits per heavy atom. The van der Waals surface area contributed by atoms with E-state index in [1.54, 1.807) is 6.08 Å². The molecular weight excluding hydrogens is 1060 g/mol. The smallest absolute Gasteiger partial charge is 0.268 e. The summed E-state index contributed by atoms with van der Waals surface area (Å²) in [6, 6.07) is -0.886. The summed E-state index contributed by atoms with van der Waals surface area (Å²) >= 11 is 0. The highest BCUT2D eigenvalue weighted by Gasteiger charge is 2.23. The first-order valence-electron chi connectivity index (χ1n) is 37.7. The van der Waals surface area contributed by atoms with Crippen molar-refractivity contribution >= 4 is 13.7 Å². The minimum Gasteiger partial charge on any atom is -0.756 e. The molecule has 8 nitrogen and oxygen atoms in total. The molecule has 0 heterocycles. The van der Waals surface area contributed by atoms with E-state index >= 15 is 0 Å². The maximum absolute atomic E-state index is 13.0. The summed E-state index contributed by atoms with van der Waals surface area (Å²) in [5.74, 6) is -0.189. The third-order valence-corrected chi connectivity index (χ3v) is 18.6. The highest BCUT2D eigenvalue weighted by molar-refractivity contribution is 7.45. The molecular formula is C75H149N2O6P. The molecule has 0 aromatic carbocycles. The highest BCUT2D eigenvalue weighted by atomic mass is 31.2. The molecule has 0 aromatic rings. The van der Waals surface area contributed by atoms with Crippen LogP contribution in [0.4, 0.5) is 0 Å². The normalized spacial score (nSPS) is 13.7. The first-order valence-corrected chi connectivity index (χ1v) is 39.2. The Bertz CT molecular complexity index is 1420. The summed E-state index contributed by atoms with van der Waals surface area (Å²) in [7, 11) is 1.28. The van der Waals surface area contributed by atoms with Crippen LogP contribution in [0.3, 0.4) is 0 Å². The molecule has 0 fully saturated rings. The maximum Gasteiger partial charge on any atom is 0.268 e. The van der Waals surface area contributed by atoms with Gasteiger partial charge in [-0.25, -0.2) is 0 Å². The van der Waals surface area contributed by atoms with Crippen molar-refractivity contribution in [1.29, 1.82) is 0 Å². The van der Waals surface area contributed by atoms with Crippen LogP contribution < -0.4 is 10.2 Å². The molecule has 0 aliphatic rings. The predicted octanol–water partition coefficient (Wildman–Crippen LogP) is 23.6. The van der Waals surface area contributed by atoms with Crippen LogP contribution in [-0.2, 0) is 18.4 Å². The number of quaternary nitrogens is 1. The van der Waals surface area contributed by atoms with E-state index in [1.165, 1.54) is 340 Å². The number of aliphatic hydroxyl groups is 1. The Balaban J connectivity index is 3.93. The van der Waals surface area contributed by atoms with Gasteiger partial charge in [0.05, 0.1) is 39.9 Å². The highest BCUT2D eigenvalue weighted by Crippen LogP contribution is 2.38. The van der Waals surface area contributed by atoms with Crippen molar-refractivity contribution in [3.05, 3.63) is 24.3 Å². The van der Waals surface area contributed by atoms with Crippen LogP contribution >= 0.6 is 7.82 Å². The van der Waals surface area contributed by atoms with E-state index in [0.29, 0.717) is 17.4 Å². The molecule has 0 saturated heterocycles. The molecule has 0 radical (unpaired) electrons. The minimum absolute atomic E-state index is 0.00180. The lowest BCUT2D eigenvalue weighted by Gasteiger charge is -2.29. The van der Waals surface area contributed by atoms with Gasteiger partial charge < -0.3 is 28.8 Å². The van der Waals surface area contributed by atoms with Gasteiger partial charge in [-0.2, -0.15) is 0 Å². The number of carbonyl (C=O) groups excluding carboxylic acids is 1. The molecule has 500 valence electrons. The summed E-state index contributed by atoms with van der Waals surface area (Å²) in [6.45, 7) is 4.72. The monoisotopic (exact) mass is 1210 g/mol. The quantitative estimate of drug-likeness (QED) is 0.0272. The van der Waals surface area contributed by atoms with E-state index in [2.05, 4.69) is 31.3 Å². The lowest BCUT2D eigenvalue weighted by atomic mass is 10.0. The second-order valence-electron chi connectivity index (χ2n) is 27.4. The molecule has 3 atom stereocenters. The molecule has 1 amide bonds. The van der Waals surface area contributed by atoms with Gasteiger partial charge in [-0.1, -0.05) is 372 Å². The Kier molecular flexibility index (Phi) is 65.6. The van der Waals surface area contributed by atoms with Crippen LogP contribution in [0.25, 0.3) is 0 Å². The number of unbranched alkanes of at least 4 members (excludes halogenated alkanes) is 56. The lowest BCUT2D eigenvalue weighted by Crippen LogP contribution is -2.45. The Morgan fingerprint density at radius 1 is 0.405 bits per heavy atom. The molecule has 0 aromatic heterocycles. The molecule has 3 unspecified atom stereocenters. The average Bonchev–Trinajstić information content (AvgIpc) is 3.56. The number of nitrogens with zero attached hydrogens (tertiary/aromatic N) is 1. The largest absolute Gasteiger partial charge is 0.756 e. The first kappa shape index (κ1) is 83.0. The molecule has 0 aliphatic heterocycles. The van der Waals surface area contributed by atoms with Gasteiger partial charge >= 0.3 is 0 Å². The summed E-state index contributed by atoms with van der Waals surface area (Å²) in [5, 5.41) is 14.0. The Labute approximate surface area is 525 Å². The molecule has 0 rings (SSSR count). The van der Waals surface area contributed by atoms with Crippen molar-refractivity contribution in [3.63, 3.8) is 0 Å². The van der Waals surface area contributed by atoms with Gasteiger partial charge in [0, 0.05) is 6.42 Å². The van der Waals surface area contributed by atoms with Crippen LogP contribution in [0, 0.1) is 0 Å². The van der Waals surface area contributed by atoms with E-state index in [4.69, 9.17) is 9.05 Å². The molecule has 0 aliphatic carbocycles. The zero-order valence-electron chi connectivity index (χ0n) is 57.4. The third kappa shape index (κ3) is 68.5. The number of allylic oxidation sites excluding steroid dienone is 3. The summed E-state index contributed by atoms with van der Waals surface area (Å²) in [6.07, 6.45) is 87.6. The Morgan fingerprint density at radius 3 is 0.929 bits per heavy atom. The summed E-state index contributed by atoms with van der Waals surface area (Å²) < 4.78 is 23.5. The maximum atomic E-state index is 13.0. The predicted molar refractivity (Wildman–Crippen MR) is 367 cm³/mol. The van der Waals surface area contributed by atoms with Crippen molar-refractivity contribution in [2.45, 2.75) is 411 Å². The minimum atomic E-state index is -4.60. The average molecular weight is 1210 g/mol.